The number of rotatable bonds is 5. The number of aryl methyl sites for hydroxylation is 2. The Morgan fingerprint density at radius 3 is 2.74 bits per heavy atom. The predicted molar refractivity (Wildman–Crippen MR) is 74.0 cm³/mol. The van der Waals surface area contributed by atoms with E-state index in [0.717, 1.165) is 24.3 Å². The van der Waals surface area contributed by atoms with Crippen LogP contribution in [0.25, 0.3) is 0 Å². The SMILES string of the molecule is COc1ncccc1CNCc1c(C)nn(C)c1C. The van der Waals surface area contributed by atoms with E-state index >= 15 is 0 Å². The monoisotopic (exact) mass is 260 g/mol. The van der Waals surface area contributed by atoms with Crippen molar-refractivity contribution in [3.05, 3.63) is 40.8 Å². The van der Waals surface area contributed by atoms with Crippen LogP contribution in [0, 0.1) is 13.8 Å². The summed E-state index contributed by atoms with van der Waals surface area (Å²) in [6.45, 7) is 5.64. The Hall–Kier alpha value is -1.88. The average Bonchev–Trinajstić information content (AvgIpc) is 2.65. The molecule has 0 atom stereocenters. The van der Waals surface area contributed by atoms with Crippen LogP contribution in [0.15, 0.2) is 18.3 Å². The number of nitrogens with one attached hydrogen (secondary N) is 1. The van der Waals surface area contributed by atoms with Gasteiger partial charge in [0.2, 0.25) is 5.88 Å². The molecule has 0 aliphatic carbocycles. The minimum absolute atomic E-state index is 0.676. The van der Waals surface area contributed by atoms with Gasteiger partial charge in [0.1, 0.15) is 0 Å². The van der Waals surface area contributed by atoms with Crippen LogP contribution in [-0.2, 0) is 20.1 Å². The second-order valence-corrected chi connectivity index (χ2v) is 4.55. The van der Waals surface area contributed by atoms with Gasteiger partial charge in [0, 0.05) is 43.2 Å². The molecule has 0 amide bonds. The molecule has 0 unspecified atom stereocenters. The minimum atomic E-state index is 0.676. The lowest BCUT2D eigenvalue weighted by Gasteiger charge is -2.08. The van der Waals surface area contributed by atoms with Gasteiger partial charge in [-0.1, -0.05) is 6.07 Å². The van der Waals surface area contributed by atoms with Gasteiger partial charge in [-0.2, -0.15) is 5.10 Å². The fourth-order valence-electron chi connectivity index (χ4n) is 2.14. The second kappa shape index (κ2) is 5.84. The molecule has 5 heteroatoms. The number of ether oxygens (including phenoxy) is 1. The quantitative estimate of drug-likeness (QED) is 0.889. The van der Waals surface area contributed by atoms with Crippen molar-refractivity contribution in [1.29, 1.82) is 0 Å². The molecule has 2 rings (SSSR count). The summed E-state index contributed by atoms with van der Waals surface area (Å²) < 4.78 is 7.15. The molecule has 102 valence electrons. The van der Waals surface area contributed by atoms with Gasteiger partial charge in [-0.3, -0.25) is 4.68 Å². The van der Waals surface area contributed by atoms with E-state index in [-0.39, 0.29) is 0 Å². The maximum Gasteiger partial charge on any atom is 0.217 e. The molecule has 5 nitrogen and oxygen atoms in total. The number of pyridine rings is 1. The zero-order valence-electron chi connectivity index (χ0n) is 11.9. The van der Waals surface area contributed by atoms with Gasteiger partial charge in [-0.15, -0.1) is 0 Å². The van der Waals surface area contributed by atoms with Crippen LogP contribution < -0.4 is 10.1 Å². The molecule has 2 heterocycles. The third-order valence-electron chi connectivity index (χ3n) is 3.32. The zero-order valence-corrected chi connectivity index (χ0v) is 11.9. The Morgan fingerprint density at radius 2 is 2.11 bits per heavy atom. The van der Waals surface area contributed by atoms with E-state index in [4.69, 9.17) is 4.74 Å². The molecule has 0 aromatic carbocycles. The number of methoxy groups -OCH3 is 1. The van der Waals surface area contributed by atoms with E-state index < -0.39 is 0 Å². The van der Waals surface area contributed by atoms with Crippen molar-refractivity contribution >= 4 is 0 Å². The molecular formula is C14H20N4O. The summed E-state index contributed by atoms with van der Waals surface area (Å²) in [6.07, 6.45) is 1.73. The smallest absolute Gasteiger partial charge is 0.217 e. The average molecular weight is 260 g/mol. The fourth-order valence-corrected chi connectivity index (χ4v) is 2.14. The van der Waals surface area contributed by atoms with E-state index in [2.05, 4.69) is 22.3 Å². The molecule has 0 saturated heterocycles. The lowest BCUT2D eigenvalue weighted by molar-refractivity contribution is 0.390. The molecule has 0 fully saturated rings. The van der Waals surface area contributed by atoms with Crippen LogP contribution in [0.5, 0.6) is 5.88 Å². The van der Waals surface area contributed by atoms with Crippen LogP contribution in [0.3, 0.4) is 0 Å². The van der Waals surface area contributed by atoms with Gasteiger partial charge in [0.25, 0.3) is 0 Å². The topological polar surface area (TPSA) is 52.0 Å². The van der Waals surface area contributed by atoms with Crippen molar-refractivity contribution in [3.8, 4) is 5.88 Å². The highest BCUT2D eigenvalue weighted by Gasteiger charge is 2.09. The van der Waals surface area contributed by atoms with Crippen molar-refractivity contribution in [1.82, 2.24) is 20.1 Å². The van der Waals surface area contributed by atoms with E-state index in [1.807, 2.05) is 30.8 Å². The molecule has 0 aliphatic heterocycles. The Balaban J connectivity index is 2.00. The molecule has 0 bridgehead atoms. The molecule has 0 saturated carbocycles. The first-order valence-corrected chi connectivity index (χ1v) is 6.31. The maximum absolute atomic E-state index is 5.23. The van der Waals surface area contributed by atoms with Gasteiger partial charge >= 0.3 is 0 Å². The zero-order chi connectivity index (χ0) is 13.8. The van der Waals surface area contributed by atoms with Gasteiger partial charge in [-0.25, -0.2) is 4.98 Å². The van der Waals surface area contributed by atoms with Crippen LogP contribution in [0.1, 0.15) is 22.5 Å². The van der Waals surface area contributed by atoms with E-state index in [1.165, 1.54) is 11.3 Å². The molecule has 19 heavy (non-hydrogen) atoms. The van der Waals surface area contributed by atoms with Crippen molar-refractivity contribution in [2.45, 2.75) is 26.9 Å². The van der Waals surface area contributed by atoms with Gasteiger partial charge in [0.05, 0.1) is 12.8 Å². The highest BCUT2D eigenvalue weighted by Crippen LogP contribution is 2.15. The Labute approximate surface area is 113 Å². The van der Waals surface area contributed by atoms with Gasteiger partial charge in [0.15, 0.2) is 0 Å². The molecular weight excluding hydrogens is 240 g/mol. The normalized spacial score (nSPS) is 10.7. The van der Waals surface area contributed by atoms with E-state index in [1.54, 1.807) is 13.3 Å². The summed E-state index contributed by atoms with van der Waals surface area (Å²) in [5.74, 6) is 0.676. The molecule has 0 aliphatic rings. The standard InChI is InChI=1S/C14H20N4O/c1-10-13(11(2)18(3)17-10)9-15-8-12-6-5-7-16-14(12)19-4/h5-7,15H,8-9H2,1-4H3. The fraction of sp³-hybridized carbons (Fsp3) is 0.429. The summed E-state index contributed by atoms with van der Waals surface area (Å²) in [5.41, 5.74) is 4.59. The lowest BCUT2D eigenvalue weighted by Crippen LogP contribution is -2.14. The summed E-state index contributed by atoms with van der Waals surface area (Å²) >= 11 is 0. The molecule has 2 aromatic rings. The summed E-state index contributed by atoms with van der Waals surface area (Å²) in [4.78, 5) is 4.18. The van der Waals surface area contributed by atoms with E-state index in [0.29, 0.717) is 5.88 Å². The first kappa shape index (κ1) is 13.5. The summed E-state index contributed by atoms with van der Waals surface area (Å²) in [5, 5.41) is 7.82. The largest absolute Gasteiger partial charge is 0.481 e. The minimum Gasteiger partial charge on any atom is -0.481 e. The number of aromatic nitrogens is 3. The maximum atomic E-state index is 5.23. The van der Waals surface area contributed by atoms with Crippen molar-refractivity contribution in [2.75, 3.05) is 7.11 Å². The Kier molecular flexibility index (Phi) is 4.16. The van der Waals surface area contributed by atoms with Crippen LogP contribution in [0.4, 0.5) is 0 Å². The van der Waals surface area contributed by atoms with E-state index in [9.17, 15) is 0 Å². The molecule has 0 spiro atoms. The van der Waals surface area contributed by atoms with Crippen LogP contribution in [-0.4, -0.2) is 21.9 Å². The molecule has 2 aromatic heterocycles. The number of hydrogen-bond acceptors (Lipinski definition) is 4. The van der Waals surface area contributed by atoms with Crippen molar-refractivity contribution in [2.24, 2.45) is 7.05 Å². The molecule has 1 N–H and O–H groups in total. The van der Waals surface area contributed by atoms with Crippen LogP contribution >= 0.6 is 0 Å². The summed E-state index contributed by atoms with van der Waals surface area (Å²) in [7, 11) is 3.61. The van der Waals surface area contributed by atoms with Crippen molar-refractivity contribution < 1.29 is 4.74 Å². The third kappa shape index (κ3) is 2.93. The van der Waals surface area contributed by atoms with Crippen molar-refractivity contribution in [3.63, 3.8) is 0 Å². The van der Waals surface area contributed by atoms with Gasteiger partial charge < -0.3 is 10.1 Å². The Bertz CT molecular complexity index is 563. The van der Waals surface area contributed by atoms with Crippen LogP contribution in [0.2, 0.25) is 0 Å². The first-order valence-electron chi connectivity index (χ1n) is 6.31. The Morgan fingerprint density at radius 1 is 1.32 bits per heavy atom. The lowest BCUT2D eigenvalue weighted by atomic mass is 10.2. The highest BCUT2D eigenvalue weighted by molar-refractivity contribution is 5.26. The van der Waals surface area contributed by atoms with Gasteiger partial charge in [-0.05, 0) is 19.9 Å². The summed E-state index contributed by atoms with van der Waals surface area (Å²) in [6, 6.07) is 3.93. The third-order valence-corrected chi connectivity index (χ3v) is 3.32. The predicted octanol–water partition coefficient (Wildman–Crippen LogP) is 1.73. The highest BCUT2D eigenvalue weighted by atomic mass is 16.5. The second-order valence-electron chi connectivity index (χ2n) is 4.55. The number of nitrogens with zero attached hydrogens (tertiary/aromatic N) is 3. The molecule has 0 radical (unpaired) electrons. The first-order chi connectivity index (χ1) is 9.13. The number of hydrogen-bond donors (Lipinski definition) is 1.